The van der Waals surface area contributed by atoms with E-state index >= 15 is 0 Å². The van der Waals surface area contributed by atoms with Gasteiger partial charge >= 0.3 is 0 Å². The monoisotopic (exact) mass is 670 g/mol. The number of Topliss-reactive ketones (excluding diaryl/α,β-unsaturated/α-hetero) is 1. The molecule has 0 fully saturated rings. The Bertz CT molecular complexity index is 1530. The van der Waals surface area contributed by atoms with Gasteiger partial charge in [0.1, 0.15) is 17.9 Å². The summed E-state index contributed by atoms with van der Waals surface area (Å²) in [5.74, 6) is -1.81. The molecule has 0 radical (unpaired) electrons. The number of hydrogen-bond donors (Lipinski definition) is 5. The third-order valence-corrected chi connectivity index (χ3v) is 7.85. The highest BCUT2D eigenvalue weighted by molar-refractivity contribution is 5.94. The number of ketones is 1. The molecule has 0 aliphatic heterocycles. The van der Waals surface area contributed by atoms with Gasteiger partial charge in [-0.2, -0.15) is 0 Å². The molecule has 11 heteroatoms. The van der Waals surface area contributed by atoms with Crippen LogP contribution in [0.1, 0.15) is 50.3 Å². The third kappa shape index (κ3) is 14.0. The van der Waals surface area contributed by atoms with E-state index in [2.05, 4.69) is 38.4 Å². The first-order chi connectivity index (χ1) is 23.6. The maximum atomic E-state index is 13.4. The molecule has 0 aliphatic carbocycles. The second-order valence-electron chi connectivity index (χ2n) is 12.2. The second-order valence-corrected chi connectivity index (χ2v) is 12.2. The molecule has 0 saturated heterocycles. The van der Waals surface area contributed by atoms with Crippen molar-refractivity contribution in [1.29, 1.82) is 0 Å². The summed E-state index contributed by atoms with van der Waals surface area (Å²) >= 11 is 0. The summed E-state index contributed by atoms with van der Waals surface area (Å²) in [5.41, 5.74) is 4.58. The minimum Gasteiger partial charge on any atom is -0.351 e. The Morgan fingerprint density at radius 3 is 1.96 bits per heavy atom. The van der Waals surface area contributed by atoms with E-state index in [1.54, 1.807) is 0 Å². The number of carbonyl (C=O) groups is 5. The van der Waals surface area contributed by atoms with Crippen molar-refractivity contribution in [3.63, 3.8) is 0 Å². The van der Waals surface area contributed by atoms with Gasteiger partial charge in [0.05, 0.1) is 6.54 Å². The van der Waals surface area contributed by atoms with Gasteiger partial charge in [0.2, 0.25) is 23.6 Å². The molecule has 11 nitrogen and oxygen atoms in total. The zero-order chi connectivity index (χ0) is 35.6. The lowest BCUT2D eigenvalue weighted by Gasteiger charge is -2.22. The Balaban J connectivity index is 1.59. The number of rotatable bonds is 20. The predicted octanol–water partition coefficient (Wildman–Crippen LogP) is 2.73. The van der Waals surface area contributed by atoms with Crippen molar-refractivity contribution < 1.29 is 24.0 Å². The number of carbonyl (C=O) groups excluding carboxylic acids is 5. The minimum absolute atomic E-state index is 0.0622. The van der Waals surface area contributed by atoms with Crippen molar-refractivity contribution >= 4 is 29.4 Å². The topological polar surface area (TPSA) is 149 Å². The predicted molar refractivity (Wildman–Crippen MR) is 191 cm³/mol. The number of nitrogens with zero attached hydrogens (tertiary/aromatic N) is 1. The van der Waals surface area contributed by atoms with Crippen molar-refractivity contribution in [2.75, 3.05) is 33.2 Å². The van der Waals surface area contributed by atoms with Crippen molar-refractivity contribution in [1.82, 2.24) is 31.5 Å². The Hall–Kier alpha value is -4.87. The maximum absolute atomic E-state index is 13.4. The van der Waals surface area contributed by atoms with Crippen LogP contribution in [0.3, 0.4) is 0 Å². The quantitative estimate of drug-likeness (QED) is 0.124. The average molecular weight is 671 g/mol. The van der Waals surface area contributed by atoms with Gasteiger partial charge < -0.3 is 26.6 Å². The smallest absolute Gasteiger partial charge is 0.243 e. The Morgan fingerprint density at radius 2 is 1.35 bits per heavy atom. The molecule has 3 aromatic rings. The lowest BCUT2D eigenvalue weighted by atomic mass is 10.00. The van der Waals surface area contributed by atoms with Crippen LogP contribution in [-0.2, 0) is 43.5 Å². The molecule has 49 heavy (non-hydrogen) atoms. The van der Waals surface area contributed by atoms with E-state index in [-0.39, 0.29) is 31.1 Å². The molecule has 0 aromatic heterocycles. The Labute approximate surface area is 289 Å². The summed E-state index contributed by atoms with van der Waals surface area (Å²) in [6, 6.07) is 23.0. The molecule has 0 aliphatic rings. The van der Waals surface area contributed by atoms with Gasteiger partial charge in [-0.05, 0) is 54.8 Å². The van der Waals surface area contributed by atoms with Crippen LogP contribution in [0.25, 0.3) is 11.1 Å². The number of likely N-dealkylation sites (N-methyl/N-ethyl adjacent to an activating group) is 1. The zero-order valence-electron chi connectivity index (χ0n) is 29.0. The minimum atomic E-state index is -1.13. The van der Waals surface area contributed by atoms with Gasteiger partial charge in [0, 0.05) is 45.9 Å². The molecule has 4 amide bonds. The van der Waals surface area contributed by atoms with E-state index in [1.165, 1.54) is 13.8 Å². The van der Waals surface area contributed by atoms with Crippen LogP contribution < -0.4 is 26.6 Å². The fraction of sp³-hybridized carbons (Fsp3) is 0.395. The maximum Gasteiger partial charge on any atom is 0.243 e. The van der Waals surface area contributed by atoms with E-state index in [0.717, 1.165) is 53.9 Å². The highest BCUT2D eigenvalue weighted by Crippen LogP contribution is 2.20. The molecule has 262 valence electrons. The normalized spacial score (nSPS) is 12.1. The van der Waals surface area contributed by atoms with Gasteiger partial charge in [-0.1, -0.05) is 85.8 Å². The van der Waals surface area contributed by atoms with Crippen molar-refractivity contribution in [2.45, 2.75) is 65.2 Å². The van der Waals surface area contributed by atoms with Crippen LogP contribution >= 0.6 is 0 Å². The van der Waals surface area contributed by atoms with Crippen molar-refractivity contribution in [2.24, 2.45) is 0 Å². The molecule has 2 atom stereocenters. The first-order valence-electron chi connectivity index (χ1n) is 16.8. The Kier molecular flexibility index (Phi) is 16.1. The number of amides is 4. The van der Waals surface area contributed by atoms with Crippen LogP contribution in [0.2, 0.25) is 0 Å². The van der Waals surface area contributed by atoms with E-state index in [9.17, 15) is 24.0 Å². The van der Waals surface area contributed by atoms with Crippen molar-refractivity contribution in [3.8, 4) is 11.1 Å². The fourth-order valence-electron chi connectivity index (χ4n) is 5.40. The molecule has 0 spiro atoms. The molecule has 0 bridgehead atoms. The van der Waals surface area contributed by atoms with E-state index < -0.39 is 29.8 Å². The summed E-state index contributed by atoms with van der Waals surface area (Å²) < 4.78 is 0. The van der Waals surface area contributed by atoms with Crippen molar-refractivity contribution in [3.05, 3.63) is 95.6 Å². The van der Waals surface area contributed by atoms with Gasteiger partial charge in [-0.25, -0.2) is 0 Å². The van der Waals surface area contributed by atoms with E-state index in [1.807, 2.05) is 85.9 Å². The standard InChI is InChI=1S/C38H50N6O5/c1-5-19-44(20-18-39-4)26-36(47)40-24-30-10-9-11-31(22-30)25-41-37(48)34(21-27(2)45)43-38(49)35(42-28(3)46)23-29-14-16-33(17-15-29)32-12-7-6-8-13-32/h6-17,22,34-35,39H,5,18-21,23-26H2,1-4H3,(H,40,47)(H,41,48)(H,42,46)(H,43,49)/t34-,35-/m0/s1. The van der Waals surface area contributed by atoms with Gasteiger partial charge in [0.15, 0.2) is 0 Å². The molecular weight excluding hydrogens is 620 g/mol. The lowest BCUT2D eigenvalue weighted by molar-refractivity contribution is -0.133. The summed E-state index contributed by atoms with van der Waals surface area (Å²) in [7, 11) is 1.89. The first kappa shape index (κ1) is 38.6. The van der Waals surface area contributed by atoms with E-state index in [0.29, 0.717) is 13.1 Å². The highest BCUT2D eigenvalue weighted by Gasteiger charge is 2.27. The van der Waals surface area contributed by atoms with Crippen LogP contribution in [0.15, 0.2) is 78.9 Å². The number of nitrogens with one attached hydrogen (secondary N) is 5. The highest BCUT2D eigenvalue weighted by atomic mass is 16.2. The third-order valence-electron chi connectivity index (χ3n) is 7.85. The molecule has 3 aromatic carbocycles. The molecule has 0 heterocycles. The van der Waals surface area contributed by atoms with Crippen LogP contribution in [0, 0.1) is 0 Å². The molecular formula is C38H50N6O5. The molecule has 0 unspecified atom stereocenters. The van der Waals surface area contributed by atoms with Gasteiger partial charge in [-0.3, -0.25) is 28.9 Å². The SMILES string of the molecule is CCCN(CCNC)CC(=O)NCc1cccc(CNC(=O)[C@H](CC(C)=O)NC(=O)[C@H](Cc2ccc(-c3ccccc3)cc2)NC(C)=O)c1. The summed E-state index contributed by atoms with van der Waals surface area (Å²) in [5, 5.41) is 14.3. The molecule has 5 N–H and O–H groups in total. The fourth-order valence-corrected chi connectivity index (χ4v) is 5.40. The zero-order valence-corrected chi connectivity index (χ0v) is 29.0. The van der Waals surface area contributed by atoms with E-state index in [4.69, 9.17) is 0 Å². The summed E-state index contributed by atoms with van der Waals surface area (Å²) in [4.78, 5) is 65.5. The van der Waals surface area contributed by atoms with Crippen LogP contribution in [0.4, 0.5) is 0 Å². The van der Waals surface area contributed by atoms with Gasteiger partial charge in [0.25, 0.3) is 0 Å². The second kappa shape index (κ2) is 20.5. The van der Waals surface area contributed by atoms with Crippen LogP contribution in [0.5, 0.6) is 0 Å². The largest absolute Gasteiger partial charge is 0.351 e. The Morgan fingerprint density at radius 1 is 0.694 bits per heavy atom. The summed E-state index contributed by atoms with van der Waals surface area (Å²) in [6.07, 6.45) is 0.956. The lowest BCUT2D eigenvalue weighted by Crippen LogP contribution is -2.54. The van der Waals surface area contributed by atoms with Crippen LogP contribution in [-0.4, -0.2) is 79.6 Å². The summed E-state index contributed by atoms with van der Waals surface area (Å²) in [6.45, 7) is 8.01. The average Bonchev–Trinajstić information content (AvgIpc) is 3.08. The number of benzene rings is 3. The number of hydrogen-bond acceptors (Lipinski definition) is 7. The molecule has 0 saturated carbocycles. The van der Waals surface area contributed by atoms with Gasteiger partial charge in [-0.15, -0.1) is 0 Å². The molecule has 3 rings (SSSR count). The first-order valence-corrected chi connectivity index (χ1v) is 16.8.